The van der Waals surface area contributed by atoms with Gasteiger partial charge in [0, 0.05) is 18.6 Å². The Bertz CT molecular complexity index is 180. The van der Waals surface area contributed by atoms with Crippen molar-refractivity contribution in [1.29, 1.82) is 0 Å². The molecule has 1 aliphatic heterocycles. The molecule has 0 radical (unpaired) electrons. The molecule has 0 aromatic rings. The average Bonchev–Trinajstić information content (AvgIpc) is 1.94. The number of nitrogens with one attached hydrogen (secondary N) is 1. The van der Waals surface area contributed by atoms with E-state index in [1.165, 1.54) is 17.4 Å². The van der Waals surface area contributed by atoms with Crippen LogP contribution in [0.4, 0.5) is 0 Å². The second-order valence-corrected chi connectivity index (χ2v) is 2.07. The summed E-state index contributed by atoms with van der Waals surface area (Å²) >= 11 is 5.67. The van der Waals surface area contributed by atoms with E-state index in [0.29, 0.717) is 6.41 Å². The fourth-order valence-electron chi connectivity index (χ4n) is 0.560. The van der Waals surface area contributed by atoms with Crippen molar-refractivity contribution in [3.8, 4) is 0 Å². The Morgan fingerprint density at radius 3 is 3.20 bits per heavy atom. The minimum atomic E-state index is -0.393. The summed E-state index contributed by atoms with van der Waals surface area (Å²) in [6, 6.07) is 0. The van der Waals surface area contributed by atoms with Gasteiger partial charge in [-0.25, -0.2) is 0 Å². The van der Waals surface area contributed by atoms with Crippen LogP contribution in [-0.4, -0.2) is 23.1 Å². The fourth-order valence-corrected chi connectivity index (χ4v) is 0.747. The number of hydrogen-bond donors (Lipinski definition) is 1. The number of halogens is 1. The predicted molar refractivity (Wildman–Crippen MR) is 38.3 cm³/mol. The van der Waals surface area contributed by atoms with Gasteiger partial charge in [-0.05, 0) is 0 Å². The number of carbonyl (C=O) groups excluding carboxylic acids is 1. The lowest BCUT2D eigenvalue weighted by Crippen LogP contribution is -2.39. The van der Waals surface area contributed by atoms with Crippen LogP contribution in [0.5, 0.6) is 0 Å². The first kappa shape index (κ1) is 7.08. The number of carbonyl (C=O) groups is 1. The highest BCUT2D eigenvalue weighted by Crippen LogP contribution is 2.03. The topological polar surface area (TPSA) is 44.7 Å². The van der Waals surface area contributed by atoms with Crippen molar-refractivity contribution in [1.82, 2.24) is 10.4 Å². The molecule has 0 saturated carbocycles. The van der Waals surface area contributed by atoms with Crippen LogP contribution < -0.4 is 5.43 Å². The van der Waals surface area contributed by atoms with Gasteiger partial charge in [-0.15, -0.1) is 0 Å². The summed E-state index contributed by atoms with van der Waals surface area (Å²) in [5.74, 6) is 0. The summed E-state index contributed by atoms with van der Waals surface area (Å²) in [7, 11) is 0. The number of amides is 1. The van der Waals surface area contributed by atoms with Crippen LogP contribution >= 0.6 is 11.6 Å². The number of nitrogens with zero attached hydrogens (tertiary/aromatic N) is 2. The van der Waals surface area contributed by atoms with Crippen LogP contribution in [0.15, 0.2) is 17.4 Å². The molecule has 1 aliphatic rings. The Labute approximate surface area is 63.1 Å². The van der Waals surface area contributed by atoms with Gasteiger partial charge in [0.25, 0.3) is 0 Å². The Morgan fingerprint density at radius 2 is 2.60 bits per heavy atom. The first-order valence-electron chi connectivity index (χ1n) is 2.67. The molecule has 0 bridgehead atoms. The van der Waals surface area contributed by atoms with Gasteiger partial charge in [-0.3, -0.25) is 20.2 Å². The van der Waals surface area contributed by atoms with Gasteiger partial charge in [0.1, 0.15) is 0 Å². The summed E-state index contributed by atoms with van der Waals surface area (Å²) in [4.78, 5) is 13.7. The normalized spacial score (nSPS) is 22.9. The summed E-state index contributed by atoms with van der Waals surface area (Å²) in [6.45, 7) is 0. The molecule has 5 heteroatoms. The van der Waals surface area contributed by atoms with Gasteiger partial charge >= 0.3 is 0 Å². The van der Waals surface area contributed by atoms with Gasteiger partial charge in [-0.1, -0.05) is 11.6 Å². The van der Waals surface area contributed by atoms with Crippen LogP contribution in [0.3, 0.4) is 0 Å². The van der Waals surface area contributed by atoms with E-state index in [9.17, 15) is 4.79 Å². The van der Waals surface area contributed by atoms with Crippen molar-refractivity contribution in [3.05, 3.63) is 12.4 Å². The van der Waals surface area contributed by atoms with E-state index in [4.69, 9.17) is 11.6 Å². The third kappa shape index (κ3) is 1.48. The van der Waals surface area contributed by atoms with Gasteiger partial charge in [0.2, 0.25) is 6.41 Å². The standard InChI is InChI=1S/C5H6ClN3O/c6-5-3-7-1-2-9(5)8-4-10/h1-5H,(H,8,10)/t5-/m0/s1. The smallest absolute Gasteiger partial charge is 0.225 e. The third-order valence-corrected chi connectivity index (χ3v) is 1.31. The molecule has 1 N–H and O–H groups in total. The number of hydrogen-bond acceptors (Lipinski definition) is 3. The fraction of sp³-hybridized carbons (Fsp3) is 0.200. The molecule has 0 aromatic heterocycles. The molecule has 0 aromatic carbocycles. The van der Waals surface area contributed by atoms with E-state index in [2.05, 4.69) is 10.4 Å². The second kappa shape index (κ2) is 3.22. The van der Waals surface area contributed by atoms with Gasteiger partial charge in [0.05, 0.1) is 0 Å². The minimum absolute atomic E-state index is 0.393. The van der Waals surface area contributed by atoms with Crippen LogP contribution in [0, 0.1) is 0 Å². The average molecular weight is 160 g/mol. The molecular weight excluding hydrogens is 154 g/mol. The monoisotopic (exact) mass is 159 g/mol. The number of alkyl halides is 1. The molecule has 0 unspecified atom stereocenters. The molecule has 54 valence electrons. The maximum atomic E-state index is 9.93. The molecule has 0 spiro atoms. The van der Waals surface area contributed by atoms with Crippen molar-refractivity contribution in [2.75, 3.05) is 0 Å². The highest BCUT2D eigenvalue weighted by molar-refractivity contribution is 6.28. The summed E-state index contributed by atoms with van der Waals surface area (Å²) < 4.78 is 0. The SMILES string of the molecule is O=CNN1C=CN=C[C@H]1Cl. The van der Waals surface area contributed by atoms with Crippen LogP contribution in [0.2, 0.25) is 0 Å². The zero-order chi connectivity index (χ0) is 7.40. The predicted octanol–water partition coefficient (Wildman–Crippen LogP) is 0.0699. The Hall–Kier alpha value is -1.03. The summed E-state index contributed by atoms with van der Waals surface area (Å²) in [5.41, 5.74) is 1.98. The van der Waals surface area contributed by atoms with Crippen LogP contribution in [0.1, 0.15) is 0 Å². The molecule has 0 aliphatic carbocycles. The lowest BCUT2D eigenvalue weighted by Gasteiger charge is -2.22. The van der Waals surface area contributed by atoms with Crippen molar-refractivity contribution in [3.63, 3.8) is 0 Å². The van der Waals surface area contributed by atoms with Crippen molar-refractivity contribution in [2.45, 2.75) is 5.50 Å². The second-order valence-electron chi connectivity index (χ2n) is 1.62. The zero-order valence-corrected chi connectivity index (χ0v) is 5.82. The minimum Gasteiger partial charge on any atom is -0.277 e. The van der Waals surface area contributed by atoms with Crippen molar-refractivity contribution < 1.29 is 4.79 Å². The largest absolute Gasteiger partial charge is 0.277 e. The Balaban J connectivity index is 2.52. The van der Waals surface area contributed by atoms with Crippen molar-refractivity contribution in [2.24, 2.45) is 4.99 Å². The van der Waals surface area contributed by atoms with E-state index < -0.39 is 5.50 Å². The summed E-state index contributed by atoms with van der Waals surface area (Å²) in [6.07, 6.45) is 5.18. The zero-order valence-electron chi connectivity index (χ0n) is 5.07. The quantitative estimate of drug-likeness (QED) is 0.352. The Morgan fingerprint density at radius 1 is 1.80 bits per heavy atom. The van der Waals surface area contributed by atoms with E-state index in [1.807, 2.05) is 0 Å². The van der Waals surface area contributed by atoms with Crippen molar-refractivity contribution >= 4 is 24.2 Å². The molecule has 1 amide bonds. The maximum absolute atomic E-state index is 9.93. The Kier molecular flexibility index (Phi) is 2.28. The molecule has 10 heavy (non-hydrogen) atoms. The van der Waals surface area contributed by atoms with Crippen LogP contribution in [-0.2, 0) is 4.79 Å². The highest BCUT2D eigenvalue weighted by atomic mass is 35.5. The highest BCUT2D eigenvalue weighted by Gasteiger charge is 2.09. The molecule has 4 nitrogen and oxygen atoms in total. The lowest BCUT2D eigenvalue weighted by atomic mass is 10.6. The maximum Gasteiger partial charge on any atom is 0.225 e. The van der Waals surface area contributed by atoms with Crippen LogP contribution in [0.25, 0.3) is 0 Å². The number of hydrazine groups is 1. The molecule has 1 heterocycles. The lowest BCUT2D eigenvalue weighted by molar-refractivity contribution is -0.112. The first-order chi connectivity index (χ1) is 4.84. The molecular formula is C5H6ClN3O. The van der Waals surface area contributed by atoms with Gasteiger partial charge < -0.3 is 0 Å². The van der Waals surface area contributed by atoms with E-state index in [0.717, 1.165) is 0 Å². The first-order valence-corrected chi connectivity index (χ1v) is 3.10. The third-order valence-electron chi connectivity index (χ3n) is 0.990. The van der Waals surface area contributed by atoms with E-state index >= 15 is 0 Å². The molecule has 0 saturated heterocycles. The summed E-state index contributed by atoms with van der Waals surface area (Å²) in [5, 5.41) is 1.43. The number of aliphatic imine (C=N–C) groups is 1. The molecule has 1 atom stereocenters. The van der Waals surface area contributed by atoms with E-state index in [-0.39, 0.29) is 0 Å². The van der Waals surface area contributed by atoms with Gasteiger partial charge in [-0.2, -0.15) is 0 Å². The number of rotatable bonds is 2. The van der Waals surface area contributed by atoms with E-state index in [1.54, 1.807) is 6.20 Å². The van der Waals surface area contributed by atoms with Gasteiger partial charge in [0.15, 0.2) is 5.50 Å². The molecule has 0 fully saturated rings. The molecule has 1 rings (SSSR count).